The molecule has 0 spiro atoms. The van der Waals surface area contributed by atoms with Gasteiger partial charge in [0.05, 0.1) is 15.7 Å². The Kier molecular flexibility index (Phi) is 13.0. The number of hydrogen-bond donors (Lipinski definition) is 0. The second kappa shape index (κ2) is 15.7. The largest absolute Gasteiger partial charge is 0.479 e. The fourth-order valence-electron chi connectivity index (χ4n) is 3.29. The average Bonchev–Trinajstić information content (AvgIpc) is 3.29. The Bertz CT molecular complexity index is 1300. The van der Waals surface area contributed by atoms with E-state index in [4.69, 9.17) is 38.8 Å². The number of benzene rings is 2. The van der Waals surface area contributed by atoms with Crippen LogP contribution < -0.4 is 10.5 Å². The molecule has 0 fully saturated rings. The number of carbonyl (C=O) groups is 1. The van der Waals surface area contributed by atoms with Gasteiger partial charge in [-0.2, -0.15) is 4.68 Å². The molecule has 0 bridgehead atoms. The van der Waals surface area contributed by atoms with Gasteiger partial charge in [-0.1, -0.05) is 106 Å². The summed E-state index contributed by atoms with van der Waals surface area (Å²) in [5.41, 5.74) is 1.10. The molecular formula is C29H35Cl2N3O4S. The number of ether oxygens (including phenoxy) is 1. The smallest absolute Gasteiger partial charge is 0.442 e. The number of aromatic nitrogens is 2. The Morgan fingerprint density at radius 3 is 2.31 bits per heavy atom. The Balaban J connectivity index is 0.000000283. The molecule has 0 saturated carbocycles. The maximum atomic E-state index is 12.0. The molecule has 1 aromatic heterocycles. The summed E-state index contributed by atoms with van der Waals surface area (Å²) in [7, 11) is 0. The molecule has 0 aliphatic heterocycles. The molecule has 7 nitrogen and oxygen atoms in total. The van der Waals surface area contributed by atoms with E-state index in [1.165, 1.54) is 29.5 Å². The highest BCUT2D eigenvalue weighted by molar-refractivity contribution is 8.12. The second-order valence-corrected chi connectivity index (χ2v) is 11.3. The lowest BCUT2D eigenvalue weighted by Crippen LogP contribution is -2.29. The molecule has 39 heavy (non-hydrogen) atoms. The second-order valence-electron chi connectivity index (χ2n) is 9.59. The van der Waals surface area contributed by atoms with E-state index in [0.717, 1.165) is 36.4 Å². The normalized spacial score (nSPS) is 10.8. The maximum Gasteiger partial charge on any atom is 0.442 e. The van der Waals surface area contributed by atoms with Crippen molar-refractivity contribution in [3.05, 3.63) is 74.5 Å². The van der Waals surface area contributed by atoms with Gasteiger partial charge in [0.2, 0.25) is 5.89 Å². The zero-order valence-corrected chi connectivity index (χ0v) is 25.3. The quantitative estimate of drug-likeness (QED) is 0.238. The van der Waals surface area contributed by atoms with E-state index >= 15 is 0 Å². The highest BCUT2D eigenvalue weighted by Gasteiger charge is 2.24. The lowest BCUT2D eigenvalue weighted by molar-refractivity contribution is 0.223. The highest BCUT2D eigenvalue weighted by atomic mass is 35.5. The van der Waals surface area contributed by atoms with Crippen molar-refractivity contribution in [3.63, 3.8) is 0 Å². The van der Waals surface area contributed by atoms with Gasteiger partial charge in [-0.15, -0.1) is 11.5 Å². The van der Waals surface area contributed by atoms with E-state index in [9.17, 15) is 9.59 Å². The minimum Gasteiger partial charge on any atom is -0.479 e. The topological polar surface area (TPSA) is 77.6 Å². The molecule has 0 aliphatic carbocycles. The Morgan fingerprint density at radius 1 is 1.13 bits per heavy atom. The number of halogens is 2. The first kappa shape index (κ1) is 32.4. The average molecular weight is 593 g/mol. The lowest BCUT2D eigenvalue weighted by Gasteiger charge is -2.20. The molecule has 10 heteroatoms. The predicted octanol–water partition coefficient (Wildman–Crippen LogP) is 7.60. The molecule has 1 heterocycles. The van der Waals surface area contributed by atoms with Crippen LogP contribution in [0.5, 0.6) is 5.75 Å². The van der Waals surface area contributed by atoms with Gasteiger partial charge < -0.3 is 14.1 Å². The molecule has 3 aromatic rings. The first-order valence-electron chi connectivity index (χ1n) is 12.6. The van der Waals surface area contributed by atoms with Gasteiger partial charge in [-0.3, -0.25) is 4.79 Å². The third-order valence-electron chi connectivity index (χ3n) is 5.18. The number of terminal acetylenes is 1. The summed E-state index contributed by atoms with van der Waals surface area (Å²) >= 11 is 13.6. The molecule has 0 N–H and O–H groups in total. The van der Waals surface area contributed by atoms with Crippen LogP contribution in [0.2, 0.25) is 10.0 Å². The van der Waals surface area contributed by atoms with E-state index < -0.39 is 11.2 Å². The van der Waals surface area contributed by atoms with E-state index in [1.807, 2.05) is 43.9 Å². The summed E-state index contributed by atoms with van der Waals surface area (Å²) in [5.74, 6) is 3.07. The number of thioether (sulfide) groups is 1. The third-order valence-corrected chi connectivity index (χ3v) is 6.76. The van der Waals surface area contributed by atoms with Crippen molar-refractivity contribution in [1.29, 1.82) is 0 Å². The van der Waals surface area contributed by atoms with Crippen LogP contribution in [0, 0.1) is 12.3 Å². The SMILES string of the molecule is C#CCOc1cc(-n2nc(C(C)(C)C)oc2=O)c(Cl)cc1Cl.CCCN(CCC)C(=O)SCc1ccccc1. The minimum atomic E-state index is -0.642. The van der Waals surface area contributed by atoms with E-state index in [0.29, 0.717) is 17.3 Å². The van der Waals surface area contributed by atoms with Crippen LogP contribution in [-0.2, 0) is 11.2 Å². The van der Waals surface area contributed by atoms with Crippen LogP contribution >= 0.6 is 35.0 Å². The Labute approximate surface area is 244 Å². The molecule has 2 aromatic carbocycles. The molecule has 0 saturated heterocycles. The van der Waals surface area contributed by atoms with Gasteiger partial charge in [0, 0.05) is 30.3 Å². The fourth-order valence-corrected chi connectivity index (χ4v) is 4.65. The summed E-state index contributed by atoms with van der Waals surface area (Å²) in [4.78, 5) is 26.0. The number of amides is 1. The van der Waals surface area contributed by atoms with Gasteiger partial charge in [0.1, 0.15) is 12.4 Å². The summed E-state index contributed by atoms with van der Waals surface area (Å²) in [6, 6.07) is 13.1. The first-order chi connectivity index (χ1) is 18.5. The predicted molar refractivity (Wildman–Crippen MR) is 160 cm³/mol. The van der Waals surface area contributed by atoms with Gasteiger partial charge in [0.25, 0.3) is 5.24 Å². The van der Waals surface area contributed by atoms with Gasteiger partial charge in [-0.05, 0) is 24.5 Å². The maximum absolute atomic E-state index is 12.0. The van der Waals surface area contributed by atoms with E-state index in [1.54, 1.807) is 0 Å². The highest BCUT2D eigenvalue weighted by Crippen LogP contribution is 2.33. The zero-order valence-electron chi connectivity index (χ0n) is 23.0. The molecule has 210 valence electrons. The Hall–Kier alpha value is -2.86. The van der Waals surface area contributed by atoms with Gasteiger partial charge in [-0.25, -0.2) is 4.79 Å². The van der Waals surface area contributed by atoms with Crippen molar-refractivity contribution in [2.45, 2.75) is 58.6 Å². The van der Waals surface area contributed by atoms with Crippen molar-refractivity contribution in [3.8, 4) is 23.8 Å². The summed E-state index contributed by atoms with van der Waals surface area (Å²) in [5, 5.41) is 4.92. The van der Waals surface area contributed by atoms with Crippen LogP contribution in [0.3, 0.4) is 0 Å². The summed E-state index contributed by atoms with van der Waals surface area (Å²) in [6.45, 7) is 11.6. The van der Waals surface area contributed by atoms with Crippen LogP contribution in [0.1, 0.15) is 58.9 Å². The standard InChI is InChI=1S/C15H14Cl2N2O3.C14H21NOS/c1-5-6-21-12-8-11(9(16)7-10(12)17)19-14(20)22-13(18-19)15(2,3)4;1-3-10-15(11-4-2)14(16)17-12-13-8-6-5-7-9-13/h1,7-8H,6H2,2-4H3;5-9H,3-4,10-12H2,1-2H3. The van der Waals surface area contributed by atoms with Crippen molar-refractivity contribution in [2.75, 3.05) is 19.7 Å². The molecule has 0 aliphatic rings. The fraction of sp³-hybridized carbons (Fsp3) is 0.414. The molecule has 3 rings (SSSR count). The Morgan fingerprint density at radius 2 is 1.77 bits per heavy atom. The molecule has 0 atom stereocenters. The molecular weight excluding hydrogens is 557 g/mol. The minimum absolute atomic E-state index is 0.0434. The van der Waals surface area contributed by atoms with Crippen LogP contribution in [0.4, 0.5) is 4.79 Å². The van der Waals surface area contributed by atoms with Crippen molar-refractivity contribution < 1.29 is 13.9 Å². The van der Waals surface area contributed by atoms with E-state index in [2.05, 4.69) is 37.0 Å². The monoisotopic (exact) mass is 591 g/mol. The molecule has 0 radical (unpaired) electrons. The first-order valence-corrected chi connectivity index (χ1v) is 14.4. The van der Waals surface area contributed by atoms with Crippen molar-refractivity contribution >= 4 is 40.2 Å². The summed E-state index contributed by atoms with van der Waals surface area (Å²) < 4.78 is 11.6. The van der Waals surface area contributed by atoms with Gasteiger partial charge >= 0.3 is 5.76 Å². The number of carbonyl (C=O) groups excluding carboxylic acids is 1. The van der Waals surface area contributed by atoms with Gasteiger partial charge in [0.15, 0.2) is 0 Å². The zero-order chi connectivity index (χ0) is 29.0. The number of nitrogens with zero attached hydrogens (tertiary/aromatic N) is 3. The van der Waals surface area contributed by atoms with Crippen LogP contribution in [0.25, 0.3) is 5.69 Å². The molecule has 0 unspecified atom stereocenters. The van der Waals surface area contributed by atoms with Crippen molar-refractivity contribution in [1.82, 2.24) is 14.7 Å². The number of hydrogen-bond acceptors (Lipinski definition) is 6. The van der Waals surface area contributed by atoms with Crippen molar-refractivity contribution in [2.24, 2.45) is 0 Å². The third kappa shape index (κ3) is 9.99. The molecule has 1 amide bonds. The number of rotatable bonds is 9. The summed E-state index contributed by atoms with van der Waals surface area (Å²) in [6.07, 6.45) is 7.20. The van der Waals surface area contributed by atoms with E-state index in [-0.39, 0.29) is 21.9 Å². The lowest BCUT2D eigenvalue weighted by atomic mass is 9.97. The van der Waals surface area contributed by atoms with Crippen LogP contribution in [0.15, 0.2) is 51.7 Å². The van der Waals surface area contributed by atoms with Crippen LogP contribution in [-0.4, -0.2) is 39.6 Å².